The van der Waals surface area contributed by atoms with Crippen LogP contribution in [0.2, 0.25) is 0 Å². The Labute approximate surface area is 147 Å². The second-order valence-corrected chi connectivity index (χ2v) is 7.21. The number of rotatable bonds is 4. The number of hydrogen-bond donors (Lipinski definition) is 0. The van der Waals surface area contributed by atoms with Gasteiger partial charge in [0.15, 0.2) is 0 Å². The van der Waals surface area contributed by atoms with Gasteiger partial charge in [-0.3, -0.25) is 9.78 Å². The molecule has 4 heterocycles. The van der Waals surface area contributed by atoms with Crippen molar-refractivity contribution in [2.24, 2.45) is 5.92 Å². The minimum Gasteiger partial charge on any atom is -0.332 e. The van der Waals surface area contributed by atoms with E-state index in [2.05, 4.69) is 28.7 Å². The number of hydrogen-bond acceptors (Lipinski definition) is 5. The summed E-state index contributed by atoms with van der Waals surface area (Å²) < 4.78 is 0. The molecule has 130 valence electrons. The Bertz CT molecular complexity index is 777. The van der Waals surface area contributed by atoms with E-state index in [1.165, 1.54) is 0 Å². The number of amides is 1. The highest BCUT2D eigenvalue weighted by Gasteiger charge is 2.33. The fraction of sp³-hybridized carbons (Fsp3) is 0.474. The van der Waals surface area contributed by atoms with Gasteiger partial charge in [-0.15, -0.1) is 0 Å². The topological polar surface area (TPSA) is 62.2 Å². The van der Waals surface area contributed by atoms with Gasteiger partial charge >= 0.3 is 0 Å². The molecular weight excluding hydrogens is 314 g/mol. The van der Waals surface area contributed by atoms with Gasteiger partial charge < -0.3 is 9.80 Å². The molecule has 0 spiro atoms. The lowest BCUT2D eigenvalue weighted by Crippen LogP contribution is -2.27. The third-order valence-electron chi connectivity index (χ3n) is 4.84. The molecule has 0 aliphatic carbocycles. The highest BCUT2D eigenvalue weighted by molar-refractivity contribution is 5.97. The summed E-state index contributed by atoms with van der Waals surface area (Å²) in [6.45, 7) is 6.59. The molecule has 0 radical (unpaired) electrons. The molecule has 1 atom stereocenters. The minimum atomic E-state index is 0.109. The smallest absolute Gasteiger partial charge is 0.256 e. The predicted molar refractivity (Wildman–Crippen MR) is 95.2 cm³/mol. The first-order valence-electron chi connectivity index (χ1n) is 8.96. The second-order valence-electron chi connectivity index (χ2n) is 7.21. The first-order valence-corrected chi connectivity index (χ1v) is 8.96. The van der Waals surface area contributed by atoms with Crippen LogP contribution in [0.15, 0.2) is 30.6 Å². The number of anilines is 1. The molecule has 1 fully saturated rings. The fourth-order valence-corrected chi connectivity index (χ4v) is 3.78. The normalized spacial score (nSPS) is 19.8. The maximum Gasteiger partial charge on any atom is 0.256 e. The Kier molecular flexibility index (Phi) is 4.11. The van der Waals surface area contributed by atoms with Gasteiger partial charge in [0, 0.05) is 25.5 Å². The Morgan fingerprint density at radius 2 is 2.04 bits per heavy atom. The molecule has 0 aromatic carbocycles. The van der Waals surface area contributed by atoms with Crippen molar-refractivity contribution in [1.82, 2.24) is 19.9 Å². The van der Waals surface area contributed by atoms with Gasteiger partial charge in [0.1, 0.15) is 0 Å². The zero-order chi connectivity index (χ0) is 17.4. The van der Waals surface area contributed by atoms with E-state index in [1.54, 1.807) is 12.4 Å². The van der Waals surface area contributed by atoms with Crippen molar-refractivity contribution in [2.75, 3.05) is 18.0 Å². The molecule has 2 aliphatic heterocycles. The van der Waals surface area contributed by atoms with Crippen LogP contribution in [0, 0.1) is 5.92 Å². The van der Waals surface area contributed by atoms with Crippen molar-refractivity contribution in [3.05, 3.63) is 47.5 Å². The Balaban J connectivity index is 1.60. The van der Waals surface area contributed by atoms with E-state index in [4.69, 9.17) is 4.98 Å². The number of nitrogens with zero attached hydrogens (tertiary/aromatic N) is 5. The number of pyridine rings is 1. The number of fused-ring (bicyclic) bond motifs is 1. The lowest BCUT2D eigenvalue weighted by atomic mass is 10.1. The summed E-state index contributed by atoms with van der Waals surface area (Å²) in [6, 6.07) is 5.96. The SMILES string of the molecule is CC(C)CN1Cc2nc([C@H]3CCCN3c3ncccn3)ccc2C1=O. The highest BCUT2D eigenvalue weighted by atomic mass is 16.2. The zero-order valence-corrected chi connectivity index (χ0v) is 14.7. The van der Waals surface area contributed by atoms with Crippen LogP contribution in [0.4, 0.5) is 5.95 Å². The van der Waals surface area contributed by atoms with Crippen molar-refractivity contribution < 1.29 is 4.79 Å². The molecular formula is C19H23N5O. The number of aromatic nitrogens is 3. The van der Waals surface area contributed by atoms with E-state index in [-0.39, 0.29) is 11.9 Å². The third-order valence-corrected chi connectivity index (χ3v) is 4.84. The van der Waals surface area contributed by atoms with Crippen molar-refractivity contribution in [3.8, 4) is 0 Å². The van der Waals surface area contributed by atoms with Gasteiger partial charge in [-0.25, -0.2) is 9.97 Å². The summed E-state index contributed by atoms with van der Waals surface area (Å²) in [5.41, 5.74) is 2.68. The first kappa shape index (κ1) is 16.0. The van der Waals surface area contributed by atoms with Gasteiger partial charge in [0.05, 0.1) is 29.5 Å². The van der Waals surface area contributed by atoms with E-state index in [0.29, 0.717) is 12.5 Å². The van der Waals surface area contributed by atoms with Crippen LogP contribution in [0.1, 0.15) is 54.5 Å². The lowest BCUT2D eigenvalue weighted by molar-refractivity contribution is 0.0759. The maximum atomic E-state index is 12.5. The predicted octanol–water partition coefficient (Wildman–Crippen LogP) is 2.82. The minimum absolute atomic E-state index is 0.109. The molecule has 2 aromatic heterocycles. The molecule has 0 bridgehead atoms. The first-order chi connectivity index (χ1) is 12.1. The van der Waals surface area contributed by atoms with Crippen LogP contribution in [0.5, 0.6) is 0 Å². The summed E-state index contributed by atoms with van der Waals surface area (Å²) in [4.78, 5) is 30.3. The molecule has 2 aliphatic rings. The Morgan fingerprint density at radius 3 is 2.80 bits per heavy atom. The molecule has 1 amide bonds. The molecule has 1 saturated heterocycles. The van der Waals surface area contributed by atoms with Crippen LogP contribution in [0.25, 0.3) is 0 Å². The molecule has 0 saturated carbocycles. The quantitative estimate of drug-likeness (QED) is 0.858. The number of carbonyl (C=O) groups excluding carboxylic acids is 1. The van der Waals surface area contributed by atoms with Crippen molar-refractivity contribution in [2.45, 2.75) is 39.3 Å². The van der Waals surface area contributed by atoms with E-state index in [1.807, 2.05) is 23.1 Å². The van der Waals surface area contributed by atoms with E-state index < -0.39 is 0 Å². The average molecular weight is 337 g/mol. The van der Waals surface area contributed by atoms with E-state index in [9.17, 15) is 4.79 Å². The molecule has 0 N–H and O–H groups in total. The van der Waals surface area contributed by atoms with Gasteiger partial charge in [-0.1, -0.05) is 13.8 Å². The molecule has 0 unspecified atom stereocenters. The van der Waals surface area contributed by atoms with E-state index >= 15 is 0 Å². The van der Waals surface area contributed by atoms with Crippen LogP contribution < -0.4 is 4.90 Å². The maximum absolute atomic E-state index is 12.5. The van der Waals surface area contributed by atoms with Gasteiger partial charge in [0.25, 0.3) is 5.91 Å². The van der Waals surface area contributed by atoms with Gasteiger partial charge in [-0.05, 0) is 37.0 Å². The highest BCUT2D eigenvalue weighted by Crippen LogP contribution is 2.34. The van der Waals surface area contributed by atoms with Crippen LogP contribution in [-0.2, 0) is 6.54 Å². The van der Waals surface area contributed by atoms with Crippen LogP contribution in [-0.4, -0.2) is 38.8 Å². The third kappa shape index (κ3) is 2.97. The monoisotopic (exact) mass is 337 g/mol. The molecule has 25 heavy (non-hydrogen) atoms. The molecule has 6 nitrogen and oxygen atoms in total. The summed E-state index contributed by atoms with van der Waals surface area (Å²) >= 11 is 0. The Hall–Kier alpha value is -2.50. The fourth-order valence-electron chi connectivity index (χ4n) is 3.78. The summed E-state index contributed by atoms with van der Waals surface area (Å²) in [7, 11) is 0. The standard InChI is InChI=1S/C19H23N5O/c1-13(2)11-23-12-16-14(18(23)25)6-7-15(22-16)17-5-3-10-24(17)19-20-8-4-9-21-19/h4,6-9,13,17H,3,5,10-12H2,1-2H3/t17-/m1/s1. The second kappa shape index (κ2) is 6.43. The lowest BCUT2D eigenvalue weighted by Gasteiger charge is -2.24. The van der Waals surface area contributed by atoms with Crippen molar-refractivity contribution >= 4 is 11.9 Å². The molecule has 4 rings (SSSR count). The Morgan fingerprint density at radius 1 is 1.24 bits per heavy atom. The van der Waals surface area contributed by atoms with Crippen LogP contribution in [0.3, 0.4) is 0 Å². The van der Waals surface area contributed by atoms with Crippen molar-refractivity contribution in [1.29, 1.82) is 0 Å². The number of carbonyl (C=O) groups is 1. The van der Waals surface area contributed by atoms with E-state index in [0.717, 1.165) is 48.8 Å². The summed E-state index contributed by atoms with van der Waals surface area (Å²) in [5, 5.41) is 0. The van der Waals surface area contributed by atoms with Crippen LogP contribution >= 0.6 is 0 Å². The molecule has 6 heteroatoms. The van der Waals surface area contributed by atoms with Crippen molar-refractivity contribution in [3.63, 3.8) is 0 Å². The van der Waals surface area contributed by atoms with Gasteiger partial charge in [0.2, 0.25) is 5.95 Å². The summed E-state index contributed by atoms with van der Waals surface area (Å²) in [5.74, 6) is 1.32. The summed E-state index contributed by atoms with van der Waals surface area (Å²) in [6.07, 6.45) is 5.68. The molecule has 2 aromatic rings. The average Bonchev–Trinajstić information content (AvgIpc) is 3.21. The largest absolute Gasteiger partial charge is 0.332 e. The zero-order valence-electron chi connectivity index (χ0n) is 14.7. The van der Waals surface area contributed by atoms with Gasteiger partial charge in [-0.2, -0.15) is 0 Å².